The van der Waals surface area contributed by atoms with Crippen molar-refractivity contribution in [2.45, 2.75) is 110 Å². The maximum atomic E-state index is 14.4. The maximum Gasteiger partial charge on any atom is 0.408 e. The average molecular weight is 850 g/mol. The van der Waals surface area contributed by atoms with Crippen LogP contribution in [-0.4, -0.2) is 77.0 Å². The Balaban J connectivity index is 1.98. The van der Waals surface area contributed by atoms with Crippen LogP contribution in [0.1, 0.15) is 83.9 Å². The molecule has 0 fully saturated rings. The molecule has 3 rings (SSSR count). The smallest absolute Gasteiger partial charge is 0.408 e. The quantitative estimate of drug-likeness (QED) is 0.0876. The van der Waals surface area contributed by atoms with Gasteiger partial charge in [-0.05, 0) is 91.0 Å². The van der Waals surface area contributed by atoms with Gasteiger partial charge in [0.15, 0.2) is 0 Å². The molecule has 320 valence electrons. The number of benzodiazepines with no additional fused rings is 1. The lowest BCUT2D eigenvalue weighted by Gasteiger charge is -2.28. The Kier molecular flexibility index (Phi) is 15.8. The summed E-state index contributed by atoms with van der Waals surface area (Å²) in [4.78, 5) is 70.9. The van der Waals surface area contributed by atoms with Crippen molar-refractivity contribution in [3.05, 3.63) is 65.0 Å². The number of halogens is 7. The first-order chi connectivity index (χ1) is 26.6. The number of rotatable bonds is 14. The Hall–Kier alpha value is -4.88. The number of ether oxygens (including phenoxy) is 2. The summed E-state index contributed by atoms with van der Waals surface area (Å²) in [6.07, 6.45) is -18.5. The van der Waals surface area contributed by atoms with Crippen molar-refractivity contribution in [3.8, 4) is 0 Å². The molecule has 0 radical (unpaired) electrons. The molecule has 0 aliphatic carbocycles. The van der Waals surface area contributed by atoms with E-state index in [1.807, 2.05) is 0 Å². The van der Waals surface area contributed by atoms with Crippen molar-refractivity contribution >= 4 is 53.1 Å². The predicted molar refractivity (Wildman–Crippen MR) is 201 cm³/mol. The van der Waals surface area contributed by atoms with E-state index in [9.17, 15) is 54.7 Å². The Morgan fingerprint density at radius 1 is 0.845 bits per heavy atom. The highest BCUT2D eigenvalue weighted by Crippen LogP contribution is 2.34. The largest absolute Gasteiger partial charge is 0.458 e. The summed E-state index contributed by atoms with van der Waals surface area (Å²) in [6, 6.07) is 8.36. The zero-order chi connectivity index (χ0) is 43.8. The number of fused-ring (bicyclic) bond motifs is 1. The summed E-state index contributed by atoms with van der Waals surface area (Å²) in [7, 11) is 0. The highest BCUT2D eigenvalue weighted by atomic mass is 32.2. The van der Waals surface area contributed by atoms with Crippen molar-refractivity contribution in [2.24, 2.45) is 16.8 Å². The number of anilines is 1. The van der Waals surface area contributed by atoms with Crippen LogP contribution in [-0.2, 0) is 28.7 Å². The van der Waals surface area contributed by atoms with E-state index in [1.165, 1.54) is 32.9 Å². The normalized spacial score (nSPS) is 16.3. The number of esters is 1. The Labute approximate surface area is 335 Å². The second-order valence-electron chi connectivity index (χ2n) is 15.4. The average Bonchev–Trinajstić information content (AvgIpc) is 3.19. The summed E-state index contributed by atoms with van der Waals surface area (Å²) in [5, 5.41) is 7.09. The van der Waals surface area contributed by atoms with E-state index in [0.29, 0.717) is 23.1 Å². The van der Waals surface area contributed by atoms with Gasteiger partial charge in [0.2, 0.25) is 18.0 Å². The second-order valence-corrected chi connectivity index (χ2v) is 16.2. The molecule has 4 N–H and O–H groups in total. The number of nitrogens with one attached hydrogen (secondary N) is 4. The molecule has 1 aliphatic rings. The predicted octanol–water partition coefficient (Wildman–Crippen LogP) is 7.28. The zero-order valence-corrected chi connectivity index (χ0v) is 33.6. The van der Waals surface area contributed by atoms with Crippen LogP contribution in [0.5, 0.6) is 0 Å². The highest BCUT2D eigenvalue weighted by molar-refractivity contribution is 7.98. The van der Waals surface area contributed by atoms with Crippen LogP contribution in [0.4, 0.5) is 41.2 Å². The van der Waals surface area contributed by atoms with Gasteiger partial charge >= 0.3 is 24.4 Å². The van der Waals surface area contributed by atoms with Gasteiger partial charge in [-0.2, -0.15) is 26.3 Å². The molecule has 1 aliphatic heterocycles. The van der Waals surface area contributed by atoms with Crippen molar-refractivity contribution in [1.29, 1.82) is 0 Å². The fraction of sp³-hybridized carbons (Fsp3) is 0.526. The van der Waals surface area contributed by atoms with Crippen LogP contribution in [0.25, 0.3) is 0 Å². The van der Waals surface area contributed by atoms with E-state index >= 15 is 0 Å². The molecule has 0 aromatic heterocycles. The summed E-state index contributed by atoms with van der Waals surface area (Å²) >= 11 is 0.408. The van der Waals surface area contributed by atoms with Crippen molar-refractivity contribution in [3.63, 3.8) is 0 Å². The summed E-state index contributed by atoms with van der Waals surface area (Å²) in [6.45, 7) is 10.9. The van der Waals surface area contributed by atoms with Gasteiger partial charge in [0.05, 0.1) is 17.3 Å². The highest BCUT2D eigenvalue weighted by Gasteiger charge is 2.42. The third kappa shape index (κ3) is 15.5. The molecule has 0 bridgehead atoms. The zero-order valence-electron chi connectivity index (χ0n) is 32.7. The van der Waals surface area contributed by atoms with Gasteiger partial charge in [-0.1, -0.05) is 30.3 Å². The lowest BCUT2D eigenvalue weighted by atomic mass is 9.83. The third-order valence-corrected chi connectivity index (χ3v) is 8.95. The van der Waals surface area contributed by atoms with Crippen molar-refractivity contribution in [1.82, 2.24) is 15.4 Å². The Bertz CT molecular complexity index is 1860. The first kappa shape index (κ1) is 47.5. The molecule has 2 aromatic rings. The van der Waals surface area contributed by atoms with Gasteiger partial charge in [-0.3, -0.25) is 19.1 Å². The fourth-order valence-electron chi connectivity index (χ4n) is 5.62. The Morgan fingerprint density at radius 3 is 1.97 bits per heavy atom. The van der Waals surface area contributed by atoms with Crippen LogP contribution in [0.15, 0.2) is 47.5 Å². The molecule has 0 saturated carbocycles. The Morgan fingerprint density at radius 2 is 1.41 bits per heavy atom. The molecule has 0 saturated heterocycles. The summed E-state index contributed by atoms with van der Waals surface area (Å²) < 4.78 is 109. The number of para-hydroxylation sites is 1. The minimum absolute atomic E-state index is 0.00371. The summed E-state index contributed by atoms with van der Waals surface area (Å²) in [5.74, 6) is -10.0. The molecule has 12 nitrogen and oxygen atoms in total. The van der Waals surface area contributed by atoms with E-state index in [-0.39, 0.29) is 17.0 Å². The van der Waals surface area contributed by atoms with Crippen molar-refractivity contribution < 1.29 is 64.2 Å². The molecule has 1 heterocycles. The SMILES string of the molecule is Cc1cccc2c1NC(=O)[C@@H](NC(=O)[C@H](CCC(F)(F)F)[C@H](CCC(F)(F)F)C(=O)NSC[C@H](NC(=O)OC(C)(C)C)C(=O)OC(C)(C)C)N=C2c1cccc(F)c1. The molecule has 4 atom stereocenters. The molecular formula is C38H46F7N5O7S. The number of hydrogen-bond donors (Lipinski definition) is 4. The molecule has 58 heavy (non-hydrogen) atoms. The van der Waals surface area contributed by atoms with Crippen LogP contribution >= 0.6 is 11.9 Å². The van der Waals surface area contributed by atoms with Crippen LogP contribution in [0.2, 0.25) is 0 Å². The number of amides is 4. The van der Waals surface area contributed by atoms with E-state index < -0.39 is 115 Å². The minimum atomic E-state index is -4.92. The van der Waals surface area contributed by atoms with E-state index in [4.69, 9.17) is 9.47 Å². The molecule has 0 unspecified atom stereocenters. The standard InChI is InChI=1S/C38H46F7N5O7S/c1-20-10-8-13-25-27(20)48-32(53)29(47-28(25)21-11-9-12-22(39)18-21)49-30(51)23(14-16-37(40,41)42)24(15-17-38(43,44)45)31(52)50-58-19-26(33(54)56-35(2,3)4)46-34(55)57-36(5,6)7/h8-13,18,23-24,26,29H,14-17,19H2,1-7H3,(H,46,55)(H,48,53)(H,49,51)(H,50,52)/t23-,24+,26+,29-/m1/s1. The number of carbonyl (C=O) groups excluding carboxylic acids is 5. The number of hydrogen-bond acceptors (Lipinski definition) is 9. The number of benzene rings is 2. The first-order valence-corrected chi connectivity index (χ1v) is 18.9. The van der Waals surface area contributed by atoms with Gasteiger partial charge in [-0.25, -0.2) is 19.0 Å². The topological polar surface area (TPSA) is 164 Å². The minimum Gasteiger partial charge on any atom is -0.458 e. The van der Waals surface area contributed by atoms with Crippen LogP contribution in [0.3, 0.4) is 0 Å². The monoisotopic (exact) mass is 849 g/mol. The van der Waals surface area contributed by atoms with Gasteiger partial charge in [0, 0.05) is 35.6 Å². The van der Waals surface area contributed by atoms with Gasteiger partial charge in [0.1, 0.15) is 23.1 Å². The lowest BCUT2D eigenvalue weighted by Crippen LogP contribution is -2.49. The number of aryl methyl sites for hydroxylation is 1. The summed E-state index contributed by atoms with van der Waals surface area (Å²) in [5.41, 5.74) is -0.827. The fourth-order valence-corrected chi connectivity index (χ4v) is 6.38. The maximum absolute atomic E-state index is 14.4. The van der Waals surface area contributed by atoms with Crippen LogP contribution in [0, 0.1) is 24.6 Å². The molecule has 4 amide bonds. The van der Waals surface area contributed by atoms with E-state index in [0.717, 1.165) is 12.1 Å². The first-order valence-electron chi connectivity index (χ1n) is 17.9. The lowest BCUT2D eigenvalue weighted by molar-refractivity contribution is -0.156. The molecule has 0 spiro atoms. The number of carbonyl (C=O) groups is 5. The number of nitrogens with zero attached hydrogens (tertiary/aromatic N) is 1. The van der Waals surface area contributed by atoms with Crippen molar-refractivity contribution in [2.75, 3.05) is 11.1 Å². The number of alkyl halides is 6. The molecule has 2 aromatic carbocycles. The number of alkyl carbamates (subject to hydrolysis) is 1. The molecule has 20 heteroatoms. The van der Waals surface area contributed by atoms with Gasteiger partial charge in [-0.15, -0.1) is 0 Å². The van der Waals surface area contributed by atoms with E-state index in [2.05, 4.69) is 25.7 Å². The van der Waals surface area contributed by atoms with Gasteiger partial charge in [0.25, 0.3) is 5.91 Å². The van der Waals surface area contributed by atoms with E-state index in [1.54, 1.807) is 45.9 Å². The number of aliphatic imine (C=N–C) groups is 1. The second kappa shape index (κ2) is 19.2. The van der Waals surface area contributed by atoms with Gasteiger partial charge < -0.3 is 25.4 Å². The third-order valence-electron chi connectivity index (χ3n) is 8.10. The molecular weight excluding hydrogens is 803 g/mol. The van der Waals surface area contributed by atoms with Crippen LogP contribution < -0.4 is 20.7 Å².